The summed E-state index contributed by atoms with van der Waals surface area (Å²) in [5.41, 5.74) is 3.05. The summed E-state index contributed by atoms with van der Waals surface area (Å²) in [5.74, 6) is 1.46. The van der Waals surface area contributed by atoms with Gasteiger partial charge in [-0.1, -0.05) is 17.7 Å². The van der Waals surface area contributed by atoms with Crippen LogP contribution in [0.2, 0.25) is 5.02 Å². The van der Waals surface area contributed by atoms with Crippen LogP contribution in [0.5, 0.6) is 11.5 Å². The molecule has 1 aromatic heterocycles. The van der Waals surface area contributed by atoms with Crippen LogP contribution in [0.15, 0.2) is 41.2 Å². The quantitative estimate of drug-likeness (QED) is 0.710. The van der Waals surface area contributed by atoms with Crippen molar-refractivity contribution in [3.8, 4) is 11.5 Å². The van der Waals surface area contributed by atoms with Gasteiger partial charge in [0.05, 0.1) is 11.0 Å². The number of likely N-dealkylation sites (tertiary alicyclic amines) is 1. The molecular formula is C22H24ClN3O3. The van der Waals surface area contributed by atoms with Gasteiger partial charge in [-0.2, -0.15) is 0 Å². The minimum absolute atomic E-state index is 0.0125. The van der Waals surface area contributed by atoms with Crippen LogP contribution in [0.4, 0.5) is 0 Å². The molecule has 0 amide bonds. The van der Waals surface area contributed by atoms with Crippen molar-refractivity contribution in [3.05, 3.63) is 57.5 Å². The molecule has 3 aromatic rings. The summed E-state index contributed by atoms with van der Waals surface area (Å²) < 4.78 is 13.9. The van der Waals surface area contributed by atoms with Gasteiger partial charge >= 0.3 is 5.69 Å². The molecule has 2 aliphatic rings. The van der Waals surface area contributed by atoms with Crippen molar-refractivity contribution < 1.29 is 9.47 Å². The Morgan fingerprint density at radius 3 is 2.79 bits per heavy atom. The number of rotatable bonds is 3. The number of hydrogen-bond donors (Lipinski definition) is 1. The van der Waals surface area contributed by atoms with Crippen molar-refractivity contribution >= 4 is 22.6 Å². The molecule has 1 N–H and O–H groups in total. The summed E-state index contributed by atoms with van der Waals surface area (Å²) in [6, 6.07) is 11.8. The topological polar surface area (TPSA) is 59.5 Å². The fourth-order valence-corrected chi connectivity index (χ4v) is 4.60. The molecule has 1 fully saturated rings. The Labute approximate surface area is 174 Å². The Kier molecular flexibility index (Phi) is 4.76. The van der Waals surface area contributed by atoms with Gasteiger partial charge in [-0.3, -0.25) is 9.47 Å². The molecule has 2 aromatic carbocycles. The molecule has 1 atom stereocenters. The molecule has 0 radical (unpaired) electrons. The van der Waals surface area contributed by atoms with Crippen LogP contribution in [-0.4, -0.2) is 46.8 Å². The molecule has 29 heavy (non-hydrogen) atoms. The van der Waals surface area contributed by atoms with Crippen LogP contribution in [0.1, 0.15) is 24.4 Å². The predicted octanol–water partition coefficient (Wildman–Crippen LogP) is 3.77. The van der Waals surface area contributed by atoms with E-state index < -0.39 is 0 Å². The minimum Gasteiger partial charge on any atom is -0.486 e. The summed E-state index contributed by atoms with van der Waals surface area (Å²) in [6.07, 6.45) is 1.87. The van der Waals surface area contributed by atoms with E-state index in [9.17, 15) is 4.79 Å². The SMILES string of the molecule is Cc1ccc2c(c1)[nH]c(=O)n2C1CCN(CC2COc3ccc(Cl)cc3O2)CC1. The second kappa shape index (κ2) is 7.43. The van der Waals surface area contributed by atoms with Gasteiger partial charge in [-0.25, -0.2) is 4.79 Å². The Hall–Kier alpha value is -2.44. The maximum Gasteiger partial charge on any atom is 0.326 e. The largest absolute Gasteiger partial charge is 0.486 e. The molecule has 0 spiro atoms. The monoisotopic (exact) mass is 413 g/mol. The number of H-pyrrole nitrogens is 1. The summed E-state index contributed by atoms with van der Waals surface area (Å²) in [6.45, 7) is 5.24. The Balaban J connectivity index is 1.24. The van der Waals surface area contributed by atoms with E-state index in [1.165, 1.54) is 0 Å². The van der Waals surface area contributed by atoms with Crippen LogP contribution in [0.3, 0.4) is 0 Å². The number of ether oxygens (including phenoxy) is 2. The smallest absolute Gasteiger partial charge is 0.326 e. The van der Waals surface area contributed by atoms with Crippen molar-refractivity contribution in [2.75, 3.05) is 26.2 Å². The van der Waals surface area contributed by atoms with Crippen LogP contribution >= 0.6 is 11.6 Å². The summed E-state index contributed by atoms with van der Waals surface area (Å²) in [5, 5.41) is 0.646. The molecule has 152 valence electrons. The highest BCUT2D eigenvalue weighted by Gasteiger charge is 2.28. The first-order valence-corrected chi connectivity index (χ1v) is 10.5. The van der Waals surface area contributed by atoms with E-state index in [1.807, 2.05) is 35.8 Å². The maximum absolute atomic E-state index is 12.5. The number of piperidine rings is 1. The van der Waals surface area contributed by atoms with Crippen molar-refractivity contribution in [2.24, 2.45) is 0 Å². The highest BCUT2D eigenvalue weighted by Crippen LogP contribution is 2.34. The Bertz CT molecular complexity index is 1100. The zero-order valence-corrected chi connectivity index (χ0v) is 17.1. The van der Waals surface area contributed by atoms with Gasteiger partial charge in [0.1, 0.15) is 12.7 Å². The van der Waals surface area contributed by atoms with Gasteiger partial charge in [0.25, 0.3) is 0 Å². The van der Waals surface area contributed by atoms with E-state index in [4.69, 9.17) is 21.1 Å². The van der Waals surface area contributed by atoms with E-state index >= 15 is 0 Å². The molecule has 2 aliphatic heterocycles. The molecule has 6 nitrogen and oxygen atoms in total. The number of nitrogens with zero attached hydrogens (tertiary/aromatic N) is 2. The summed E-state index contributed by atoms with van der Waals surface area (Å²) >= 11 is 6.07. The normalized spacial score (nSPS) is 20.3. The summed E-state index contributed by atoms with van der Waals surface area (Å²) in [4.78, 5) is 17.9. The molecule has 1 saturated heterocycles. The third-order valence-electron chi connectivity index (χ3n) is 5.88. The van der Waals surface area contributed by atoms with Gasteiger partial charge in [0.2, 0.25) is 0 Å². The number of aryl methyl sites for hydroxylation is 1. The number of aromatic nitrogens is 2. The standard InChI is InChI=1S/C22H24ClN3O3/c1-14-2-4-19-18(10-14)24-22(27)26(19)16-6-8-25(9-7-16)12-17-13-28-20-5-3-15(23)11-21(20)29-17/h2-5,10-11,16-17H,6-9,12-13H2,1H3,(H,24,27). The number of hydrogen-bond acceptors (Lipinski definition) is 4. The number of aromatic amines is 1. The van der Waals surface area contributed by atoms with Gasteiger partial charge in [-0.15, -0.1) is 0 Å². The lowest BCUT2D eigenvalue weighted by molar-refractivity contribution is 0.0485. The second-order valence-electron chi connectivity index (χ2n) is 7.99. The van der Waals surface area contributed by atoms with Crippen molar-refractivity contribution in [1.29, 1.82) is 0 Å². The van der Waals surface area contributed by atoms with Gasteiger partial charge in [-0.05, 0) is 49.6 Å². The molecule has 7 heteroatoms. The molecular weight excluding hydrogens is 390 g/mol. The lowest BCUT2D eigenvalue weighted by Gasteiger charge is -2.36. The van der Waals surface area contributed by atoms with Crippen LogP contribution in [0.25, 0.3) is 11.0 Å². The lowest BCUT2D eigenvalue weighted by Crippen LogP contribution is -2.45. The Morgan fingerprint density at radius 2 is 1.97 bits per heavy atom. The third-order valence-corrected chi connectivity index (χ3v) is 6.12. The van der Waals surface area contributed by atoms with E-state index in [1.54, 1.807) is 6.07 Å². The van der Waals surface area contributed by atoms with Gasteiger partial charge in [0, 0.05) is 36.8 Å². The highest BCUT2D eigenvalue weighted by molar-refractivity contribution is 6.30. The molecule has 0 saturated carbocycles. The van der Waals surface area contributed by atoms with E-state index in [-0.39, 0.29) is 17.8 Å². The molecule has 1 unspecified atom stereocenters. The van der Waals surface area contributed by atoms with E-state index in [0.717, 1.165) is 54.8 Å². The van der Waals surface area contributed by atoms with Crippen LogP contribution in [0, 0.1) is 6.92 Å². The zero-order valence-electron chi connectivity index (χ0n) is 16.4. The average Bonchev–Trinajstić information content (AvgIpc) is 3.03. The van der Waals surface area contributed by atoms with E-state index in [0.29, 0.717) is 17.4 Å². The first-order valence-electron chi connectivity index (χ1n) is 10.1. The Morgan fingerprint density at radius 1 is 1.14 bits per heavy atom. The third kappa shape index (κ3) is 3.63. The number of halogens is 1. The molecule has 0 bridgehead atoms. The fraction of sp³-hybridized carbons (Fsp3) is 0.409. The molecule has 5 rings (SSSR count). The fourth-order valence-electron chi connectivity index (χ4n) is 4.44. The highest BCUT2D eigenvalue weighted by atomic mass is 35.5. The van der Waals surface area contributed by atoms with Gasteiger partial charge < -0.3 is 14.5 Å². The number of fused-ring (bicyclic) bond motifs is 2. The number of imidazole rings is 1. The maximum atomic E-state index is 12.5. The van der Waals surface area contributed by atoms with E-state index in [2.05, 4.69) is 16.0 Å². The zero-order chi connectivity index (χ0) is 20.0. The molecule has 0 aliphatic carbocycles. The summed E-state index contributed by atoms with van der Waals surface area (Å²) in [7, 11) is 0. The van der Waals surface area contributed by atoms with Crippen LogP contribution < -0.4 is 15.2 Å². The molecule has 3 heterocycles. The minimum atomic E-state index is -0.0173. The van der Waals surface area contributed by atoms with Crippen molar-refractivity contribution in [3.63, 3.8) is 0 Å². The second-order valence-corrected chi connectivity index (χ2v) is 8.43. The van der Waals surface area contributed by atoms with Crippen molar-refractivity contribution in [1.82, 2.24) is 14.5 Å². The first kappa shape index (κ1) is 18.6. The first-order chi connectivity index (χ1) is 14.1. The van der Waals surface area contributed by atoms with Crippen LogP contribution in [-0.2, 0) is 0 Å². The average molecular weight is 414 g/mol. The van der Waals surface area contributed by atoms with Gasteiger partial charge in [0.15, 0.2) is 11.5 Å². The van der Waals surface area contributed by atoms with Crippen molar-refractivity contribution in [2.45, 2.75) is 31.9 Å². The predicted molar refractivity (Wildman–Crippen MR) is 113 cm³/mol. The number of benzene rings is 2. The lowest BCUT2D eigenvalue weighted by atomic mass is 10.0. The number of nitrogens with one attached hydrogen (secondary N) is 1.